The summed E-state index contributed by atoms with van der Waals surface area (Å²) in [4.78, 5) is 16.9. The zero-order valence-electron chi connectivity index (χ0n) is 11.7. The molecule has 20 heavy (non-hydrogen) atoms. The zero-order chi connectivity index (χ0) is 14.5. The van der Waals surface area contributed by atoms with E-state index in [0.29, 0.717) is 0 Å². The molecule has 1 saturated heterocycles. The molecule has 1 aromatic rings. The third-order valence-corrected chi connectivity index (χ3v) is 4.90. The third kappa shape index (κ3) is 4.06. The van der Waals surface area contributed by atoms with Crippen molar-refractivity contribution in [2.24, 2.45) is 0 Å². The summed E-state index contributed by atoms with van der Waals surface area (Å²) < 4.78 is 0.999. The van der Waals surface area contributed by atoms with E-state index in [4.69, 9.17) is 0 Å². The topological polar surface area (TPSA) is 23.6 Å². The molecule has 0 N–H and O–H groups in total. The van der Waals surface area contributed by atoms with Gasteiger partial charge in [-0.1, -0.05) is 37.9 Å². The molecule has 0 aromatic heterocycles. The number of hydrogen-bond donors (Lipinski definition) is 0. The lowest BCUT2D eigenvalue weighted by molar-refractivity contribution is 0.0762. The lowest BCUT2D eigenvalue weighted by atomic mass is 10.1. The molecule has 1 amide bonds. The third-order valence-electron chi connectivity index (χ3n) is 3.70. The van der Waals surface area contributed by atoms with E-state index < -0.39 is 0 Å². The largest absolute Gasteiger partial charge is 0.337 e. The van der Waals surface area contributed by atoms with Crippen molar-refractivity contribution >= 4 is 37.8 Å². The van der Waals surface area contributed by atoms with Crippen LogP contribution in [0, 0.1) is 6.92 Å². The molecule has 1 heterocycles. The maximum Gasteiger partial charge on any atom is 0.253 e. The maximum atomic E-state index is 12.6. The molecule has 0 unspecified atom stereocenters. The Bertz CT molecular complexity index is 479. The molecule has 0 spiro atoms. The first-order valence-electron chi connectivity index (χ1n) is 6.95. The Balaban J connectivity index is 2.03. The summed E-state index contributed by atoms with van der Waals surface area (Å²) in [6.45, 7) is 6.79. The summed E-state index contributed by atoms with van der Waals surface area (Å²) in [5, 5.41) is 0.992. The van der Waals surface area contributed by atoms with Crippen LogP contribution < -0.4 is 0 Å². The molecule has 0 saturated carbocycles. The van der Waals surface area contributed by atoms with E-state index >= 15 is 0 Å². The monoisotopic (exact) mass is 402 g/mol. The molecule has 0 atom stereocenters. The standard InChI is InChI=1S/C15H20Br2N2O/c1-12-3-4-13(11-14(12)17)15(20)19-7-2-6-18(8-5-16)9-10-19/h3-4,11H,2,5-10H2,1H3. The quantitative estimate of drug-likeness (QED) is 0.723. The van der Waals surface area contributed by atoms with Crippen LogP contribution in [-0.2, 0) is 0 Å². The number of nitrogens with zero attached hydrogens (tertiary/aromatic N) is 2. The van der Waals surface area contributed by atoms with Gasteiger partial charge in [0.2, 0.25) is 0 Å². The van der Waals surface area contributed by atoms with Crippen molar-refractivity contribution in [3.63, 3.8) is 0 Å². The summed E-state index contributed by atoms with van der Waals surface area (Å²) in [7, 11) is 0. The smallest absolute Gasteiger partial charge is 0.253 e. The Morgan fingerprint density at radius 2 is 2.05 bits per heavy atom. The van der Waals surface area contributed by atoms with Crippen LogP contribution in [0.3, 0.4) is 0 Å². The molecule has 1 aliphatic rings. The van der Waals surface area contributed by atoms with E-state index in [0.717, 1.165) is 60.1 Å². The van der Waals surface area contributed by atoms with E-state index in [-0.39, 0.29) is 5.91 Å². The Morgan fingerprint density at radius 3 is 2.75 bits per heavy atom. The number of carbonyl (C=O) groups excluding carboxylic acids is 1. The Morgan fingerprint density at radius 1 is 1.25 bits per heavy atom. The van der Waals surface area contributed by atoms with Gasteiger partial charge in [0, 0.05) is 41.5 Å². The van der Waals surface area contributed by atoms with Gasteiger partial charge in [-0.15, -0.1) is 0 Å². The van der Waals surface area contributed by atoms with Gasteiger partial charge in [0.25, 0.3) is 5.91 Å². The van der Waals surface area contributed by atoms with Crippen LogP contribution >= 0.6 is 31.9 Å². The molecule has 1 aliphatic heterocycles. The minimum absolute atomic E-state index is 0.145. The van der Waals surface area contributed by atoms with Gasteiger partial charge in [0.05, 0.1) is 0 Å². The number of alkyl halides is 1. The molecule has 0 aliphatic carbocycles. The molecule has 2 rings (SSSR count). The molecule has 0 bridgehead atoms. The molecular formula is C15H20Br2N2O. The minimum Gasteiger partial charge on any atom is -0.337 e. The van der Waals surface area contributed by atoms with Gasteiger partial charge < -0.3 is 9.80 Å². The Hall–Kier alpha value is -0.390. The predicted molar refractivity (Wildman–Crippen MR) is 89.6 cm³/mol. The highest BCUT2D eigenvalue weighted by molar-refractivity contribution is 9.10. The zero-order valence-corrected chi connectivity index (χ0v) is 14.9. The number of benzene rings is 1. The van der Waals surface area contributed by atoms with Gasteiger partial charge in [-0.3, -0.25) is 4.79 Å². The molecule has 110 valence electrons. The fourth-order valence-corrected chi connectivity index (χ4v) is 3.31. The first-order chi connectivity index (χ1) is 9.61. The van der Waals surface area contributed by atoms with Gasteiger partial charge in [0.1, 0.15) is 0 Å². The molecule has 0 radical (unpaired) electrons. The van der Waals surface area contributed by atoms with Crippen molar-refractivity contribution in [1.29, 1.82) is 0 Å². The van der Waals surface area contributed by atoms with Crippen molar-refractivity contribution < 1.29 is 4.79 Å². The molecule has 3 nitrogen and oxygen atoms in total. The average molecular weight is 404 g/mol. The number of amides is 1. The average Bonchev–Trinajstić information content (AvgIpc) is 2.67. The van der Waals surface area contributed by atoms with Crippen molar-refractivity contribution in [2.45, 2.75) is 13.3 Å². The number of aryl methyl sites for hydroxylation is 1. The predicted octanol–water partition coefficient (Wildman–Crippen LogP) is 3.30. The second kappa shape index (κ2) is 7.57. The van der Waals surface area contributed by atoms with Crippen molar-refractivity contribution in [3.8, 4) is 0 Å². The number of carbonyl (C=O) groups is 1. The summed E-state index contributed by atoms with van der Waals surface area (Å²) in [6.07, 6.45) is 1.05. The van der Waals surface area contributed by atoms with Gasteiger partial charge >= 0.3 is 0 Å². The Kier molecular flexibility index (Phi) is 6.05. The minimum atomic E-state index is 0.145. The first-order valence-corrected chi connectivity index (χ1v) is 8.87. The van der Waals surface area contributed by atoms with Crippen LogP contribution in [-0.4, -0.2) is 53.8 Å². The number of rotatable bonds is 3. The van der Waals surface area contributed by atoms with Gasteiger partial charge in [-0.25, -0.2) is 0 Å². The van der Waals surface area contributed by atoms with Gasteiger partial charge in [-0.2, -0.15) is 0 Å². The van der Waals surface area contributed by atoms with E-state index in [1.165, 1.54) is 0 Å². The molecular weight excluding hydrogens is 384 g/mol. The molecule has 1 aromatic carbocycles. The van der Waals surface area contributed by atoms with Crippen LogP contribution in [0.5, 0.6) is 0 Å². The van der Waals surface area contributed by atoms with Crippen LogP contribution in [0.15, 0.2) is 22.7 Å². The van der Waals surface area contributed by atoms with E-state index in [2.05, 4.69) is 36.8 Å². The van der Waals surface area contributed by atoms with Crippen LogP contribution in [0.1, 0.15) is 22.3 Å². The van der Waals surface area contributed by atoms with Crippen molar-refractivity contribution in [1.82, 2.24) is 9.80 Å². The van der Waals surface area contributed by atoms with E-state index in [1.807, 2.05) is 30.0 Å². The van der Waals surface area contributed by atoms with Gasteiger partial charge in [0.15, 0.2) is 0 Å². The van der Waals surface area contributed by atoms with Crippen LogP contribution in [0.2, 0.25) is 0 Å². The SMILES string of the molecule is Cc1ccc(C(=O)N2CCCN(CCBr)CC2)cc1Br. The second-order valence-electron chi connectivity index (χ2n) is 5.14. The lowest BCUT2D eigenvalue weighted by Crippen LogP contribution is -2.35. The maximum absolute atomic E-state index is 12.6. The number of hydrogen-bond acceptors (Lipinski definition) is 2. The first kappa shape index (κ1) is 16.0. The second-order valence-corrected chi connectivity index (χ2v) is 6.79. The lowest BCUT2D eigenvalue weighted by Gasteiger charge is -2.21. The van der Waals surface area contributed by atoms with Gasteiger partial charge in [-0.05, 0) is 37.6 Å². The van der Waals surface area contributed by atoms with Crippen LogP contribution in [0.4, 0.5) is 0 Å². The summed E-state index contributed by atoms with van der Waals surface area (Å²) in [5.41, 5.74) is 1.93. The fourth-order valence-electron chi connectivity index (χ4n) is 2.43. The Labute approximate surface area is 137 Å². The highest BCUT2D eigenvalue weighted by Gasteiger charge is 2.20. The normalized spacial score (nSPS) is 17.1. The van der Waals surface area contributed by atoms with E-state index in [1.54, 1.807) is 0 Å². The van der Waals surface area contributed by atoms with E-state index in [9.17, 15) is 4.79 Å². The fraction of sp³-hybridized carbons (Fsp3) is 0.533. The highest BCUT2D eigenvalue weighted by atomic mass is 79.9. The number of halogens is 2. The van der Waals surface area contributed by atoms with Crippen LogP contribution in [0.25, 0.3) is 0 Å². The highest BCUT2D eigenvalue weighted by Crippen LogP contribution is 2.19. The summed E-state index contributed by atoms with van der Waals surface area (Å²) in [5.74, 6) is 0.145. The molecule has 1 fully saturated rings. The molecule has 5 heteroatoms. The van der Waals surface area contributed by atoms with Crippen molar-refractivity contribution in [2.75, 3.05) is 38.1 Å². The van der Waals surface area contributed by atoms with Crippen molar-refractivity contribution in [3.05, 3.63) is 33.8 Å². The summed E-state index contributed by atoms with van der Waals surface area (Å²) >= 11 is 6.98. The summed E-state index contributed by atoms with van der Waals surface area (Å²) in [6, 6.07) is 5.84.